The second-order valence-electron chi connectivity index (χ2n) is 3.17. The molecule has 0 amide bonds. The van der Waals surface area contributed by atoms with Crippen molar-refractivity contribution in [3.8, 4) is 0 Å². The predicted molar refractivity (Wildman–Crippen MR) is 58.1 cm³/mol. The third-order valence-corrected chi connectivity index (χ3v) is 2.25. The van der Waals surface area contributed by atoms with Crippen molar-refractivity contribution in [3.05, 3.63) is 53.1 Å². The first-order valence-corrected chi connectivity index (χ1v) is 4.90. The summed E-state index contributed by atoms with van der Waals surface area (Å²) in [6, 6.07) is 7.25. The van der Waals surface area contributed by atoms with Gasteiger partial charge in [0.15, 0.2) is 5.82 Å². The van der Waals surface area contributed by atoms with Crippen molar-refractivity contribution in [3.63, 3.8) is 0 Å². The Morgan fingerprint density at radius 2 is 2.33 bits per heavy atom. The summed E-state index contributed by atoms with van der Waals surface area (Å²) in [5.41, 5.74) is 0.893. The average Bonchev–Trinajstić information content (AvgIpc) is 2.70. The van der Waals surface area contributed by atoms with Crippen LogP contribution in [0.2, 0.25) is 5.02 Å². The highest BCUT2D eigenvalue weighted by molar-refractivity contribution is 6.30. The normalized spacial score (nSPS) is 10.2. The van der Waals surface area contributed by atoms with Crippen LogP contribution in [0.3, 0.4) is 0 Å². The first-order chi connectivity index (χ1) is 7.25. The number of imidazole rings is 1. The van der Waals surface area contributed by atoms with Gasteiger partial charge in [-0.15, -0.1) is 0 Å². The van der Waals surface area contributed by atoms with Crippen LogP contribution < -0.4 is 0 Å². The molecule has 0 radical (unpaired) electrons. The molecule has 0 atom stereocenters. The Bertz CT molecular complexity index is 465. The summed E-state index contributed by atoms with van der Waals surface area (Å²) in [5.74, 6) is 0.345. The maximum absolute atomic E-state index is 11.6. The van der Waals surface area contributed by atoms with Gasteiger partial charge in [0.05, 0.1) is 0 Å². The Morgan fingerprint density at radius 1 is 1.47 bits per heavy atom. The summed E-state index contributed by atoms with van der Waals surface area (Å²) in [6.45, 7) is 0. The van der Waals surface area contributed by atoms with Crippen molar-refractivity contribution in [2.24, 2.45) is 0 Å². The lowest BCUT2D eigenvalue weighted by molar-refractivity contribution is 0.0984. The van der Waals surface area contributed by atoms with E-state index in [9.17, 15) is 4.79 Å². The minimum atomic E-state index is -0.0396. The number of aromatic amines is 1. The second kappa shape index (κ2) is 4.28. The van der Waals surface area contributed by atoms with E-state index in [1.54, 1.807) is 24.5 Å². The monoisotopic (exact) mass is 220 g/mol. The maximum atomic E-state index is 11.6. The van der Waals surface area contributed by atoms with E-state index in [1.165, 1.54) is 0 Å². The van der Waals surface area contributed by atoms with Crippen molar-refractivity contribution in [2.75, 3.05) is 0 Å². The van der Waals surface area contributed by atoms with Gasteiger partial charge in [0.2, 0.25) is 5.78 Å². The SMILES string of the molecule is O=C(Cc1cccc(Cl)c1)c1ncc[nH]1. The van der Waals surface area contributed by atoms with Crippen molar-refractivity contribution < 1.29 is 4.79 Å². The Kier molecular flexibility index (Phi) is 2.83. The van der Waals surface area contributed by atoms with Crippen LogP contribution in [0.15, 0.2) is 36.7 Å². The van der Waals surface area contributed by atoms with Gasteiger partial charge in [-0.2, -0.15) is 0 Å². The molecule has 0 saturated heterocycles. The molecule has 1 N–H and O–H groups in total. The number of hydrogen-bond acceptors (Lipinski definition) is 2. The molecule has 1 aromatic carbocycles. The second-order valence-corrected chi connectivity index (χ2v) is 3.60. The fourth-order valence-electron chi connectivity index (χ4n) is 1.33. The molecular formula is C11H9ClN2O. The number of ketones is 1. The number of hydrogen-bond donors (Lipinski definition) is 1. The summed E-state index contributed by atoms with van der Waals surface area (Å²) in [5, 5.41) is 0.639. The number of aromatic nitrogens is 2. The van der Waals surface area contributed by atoms with Crippen molar-refractivity contribution in [2.45, 2.75) is 6.42 Å². The number of halogens is 1. The van der Waals surface area contributed by atoms with E-state index in [4.69, 9.17) is 11.6 Å². The zero-order chi connectivity index (χ0) is 10.7. The first kappa shape index (κ1) is 9.93. The van der Waals surface area contributed by atoms with Gasteiger partial charge in [0, 0.05) is 23.8 Å². The molecule has 0 aliphatic carbocycles. The van der Waals surface area contributed by atoms with Crippen LogP contribution in [0.4, 0.5) is 0 Å². The Hall–Kier alpha value is -1.61. The zero-order valence-electron chi connectivity index (χ0n) is 7.90. The molecule has 15 heavy (non-hydrogen) atoms. The van der Waals surface area contributed by atoms with E-state index in [-0.39, 0.29) is 5.78 Å². The molecule has 0 saturated carbocycles. The number of H-pyrrole nitrogens is 1. The number of rotatable bonds is 3. The highest BCUT2D eigenvalue weighted by Gasteiger charge is 2.08. The summed E-state index contributed by atoms with van der Waals surface area (Å²) in [7, 11) is 0. The standard InChI is InChI=1S/C11H9ClN2O/c12-9-3-1-2-8(6-9)7-10(15)11-13-4-5-14-11/h1-6H,7H2,(H,13,14). The molecule has 1 aromatic heterocycles. The van der Waals surface area contributed by atoms with E-state index >= 15 is 0 Å². The summed E-state index contributed by atoms with van der Waals surface area (Å²) in [4.78, 5) is 18.3. The fourth-order valence-corrected chi connectivity index (χ4v) is 1.55. The van der Waals surface area contributed by atoms with Crippen LogP contribution in [0, 0.1) is 0 Å². The van der Waals surface area contributed by atoms with Crippen LogP contribution in [0.1, 0.15) is 16.2 Å². The number of nitrogens with zero attached hydrogens (tertiary/aromatic N) is 1. The van der Waals surface area contributed by atoms with Crippen LogP contribution in [-0.4, -0.2) is 15.8 Å². The molecule has 3 nitrogen and oxygen atoms in total. The van der Waals surface area contributed by atoms with Gasteiger partial charge >= 0.3 is 0 Å². The van der Waals surface area contributed by atoms with Crippen LogP contribution in [-0.2, 0) is 6.42 Å². The molecule has 0 bridgehead atoms. The smallest absolute Gasteiger partial charge is 0.202 e. The number of nitrogens with one attached hydrogen (secondary N) is 1. The van der Waals surface area contributed by atoms with Gasteiger partial charge in [0.1, 0.15) is 0 Å². The fraction of sp³-hybridized carbons (Fsp3) is 0.0909. The first-order valence-electron chi connectivity index (χ1n) is 4.53. The molecule has 2 rings (SSSR count). The molecule has 0 aliphatic rings. The molecule has 1 heterocycles. The van der Waals surface area contributed by atoms with E-state index < -0.39 is 0 Å². The summed E-state index contributed by atoms with van der Waals surface area (Å²) in [6.07, 6.45) is 3.50. The van der Waals surface area contributed by atoms with Crippen molar-refractivity contribution in [1.29, 1.82) is 0 Å². The number of carbonyl (C=O) groups is 1. The molecular weight excluding hydrogens is 212 g/mol. The minimum absolute atomic E-state index is 0.0396. The molecule has 0 aliphatic heterocycles. The van der Waals surface area contributed by atoms with Crippen molar-refractivity contribution in [1.82, 2.24) is 9.97 Å². The van der Waals surface area contributed by atoms with E-state index in [0.29, 0.717) is 17.3 Å². The van der Waals surface area contributed by atoms with Gasteiger partial charge < -0.3 is 4.98 Å². The molecule has 0 fully saturated rings. The van der Waals surface area contributed by atoms with Gasteiger partial charge in [-0.1, -0.05) is 23.7 Å². The van der Waals surface area contributed by atoms with Gasteiger partial charge in [-0.05, 0) is 17.7 Å². The third kappa shape index (κ3) is 2.44. The zero-order valence-corrected chi connectivity index (χ0v) is 8.66. The van der Waals surface area contributed by atoms with E-state index in [2.05, 4.69) is 9.97 Å². The van der Waals surface area contributed by atoms with Crippen LogP contribution in [0.5, 0.6) is 0 Å². The predicted octanol–water partition coefficient (Wildman–Crippen LogP) is 2.49. The Labute approximate surface area is 92.1 Å². The molecule has 2 aromatic rings. The van der Waals surface area contributed by atoms with Gasteiger partial charge in [0.25, 0.3) is 0 Å². The summed E-state index contributed by atoms with van der Waals surface area (Å²) >= 11 is 5.82. The topological polar surface area (TPSA) is 45.8 Å². The van der Waals surface area contributed by atoms with Gasteiger partial charge in [-0.3, -0.25) is 4.79 Å². The maximum Gasteiger partial charge on any atom is 0.202 e. The molecule has 0 spiro atoms. The lowest BCUT2D eigenvalue weighted by Crippen LogP contribution is -2.05. The number of benzene rings is 1. The average molecular weight is 221 g/mol. The lowest BCUT2D eigenvalue weighted by atomic mass is 10.1. The molecule has 76 valence electrons. The Morgan fingerprint density at radius 3 is 3.00 bits per heavy atom. The third-order valence-electron chi connectivity index (χ3n) is 2.02. The number of carbonyl (C=O) groups excluding carboxylic acids is 1. The van der Waals surface area contributed by atoms with Crippen LogP contribution >= 0.6 is 11.6 Å². The van der Waals surface area contributed by atoms with Crippen molar-refractivity contribution >= 4 is 17.4 Å². The molecule has 4 heteroatoms. The van der Waals surface area contributed by atoms with E-state index in [0.717, 1.165) is 5.56 Å². The van der Waals surface area contributed by atoms with E-state index in [1.807, 2.05) is 12.1 Å². The van der Waals surface area contributed by atoms with Gasteiger partial charge in [-0.25, -0.2) is 4.98 Å². The lowest BCUT2D eigenvalue weighted by Gasteiger charge is -1.99. The van der Waals surface area contributed by atoms with Crippen LogP contribution in [0.25, 0.3) is 0 Å². The highest BCUT2D eigenvalue weighted by Crippen LogP contribution is 2.12. The quantitative estimate of drug-likeness (QED) is 0.808. The minimum Gasteiger partial charge on any atom is -0.342 e. The number of Topliss-reactive ketones (excluding diaryl/α,β-unsaturated/α-hetero) is 1. The highest BCUT2D eigenvalue weighted by atomic mass is 35.5. The molecule has 0 unspecified atom stereocenters. The Balaban J connectivity index is 2.13. The largest absolute Gasteiger partial charge is 0.342 e. The summed E-state index contributed by atoms with van der Waals surface area (Å²) < 4.78 is 0.